The van der Waals surface area contributed by atoms with E-state index in [0.717, 1.165) is 17.5 Å². The number of hydrogen-bond acceptors (Lipinski definition) is 8. The number of hydrogen-bond donors (Lipinski definition) is 3. The van der Waals surface area contributed by atoms with Gasteiger partial charge >= 0.3 is 0 Å². The average Bonchev–Trinajstić information content (AvgIpc) is 3.03. The molecule has 1 unspecified atom stereocenters. The quantitative estimate of drug-likeness (QED) is 0.365. The molecule has 2 aliphatic carbocycles. The van der Waals surface area contributed by atoms with E-state index in [1.807, 2.05) is 0 Å². The summed E-state index contributed by atoms with van der Waals surface area (Å²) < 4.78 is 45.6. The summed E-state index contributed by atoms with van der Waals surface area (Å²) in [6, 6.07) is 4.63. The number of benzene rings is 1. The molecule has 2 aromatic rings. The van der Waals surface area contributed by atoms with Crippen molar-refractivity contribution in [3.8, 4) is 5.88 Å². The maximum atomic E-state index is 13.5. The molecule has 1 heterocycles. The van der Waals surface area contributed by atoms with Crippen LogP contribution in [0.4, 0.5) is 4.39 Å². The van der Waals surface area contributed by atoms with Crippen LogP contribution in [0.1, 0.15) is 42.0 Å². The van der Waals surface area contributed by atoms with Crippen LogP contribution in [-0.4, -0.2) is 43.8 Å². The van der Waals surface area contributed by atoms with Crippen molar-refractivity contribution >= 4 is 15.6 Å². The molecule has 0 aliphatic heterocycles. The highest BCUT2D eigenvalue weighted by molar-refractivity contribution is 7.89. The van der Waals surface area contributed by atoms with Crippen LogP contribution < -0.4 is 9.46 Å². The first-order valence-corrected chi connectivity index (χ1v) is 10.8. The van der Waals surface area contributed by atoms with Crippen LogP contribution in [0.25, 0.3) is 0 Å². The van der Waals surface area contributed by atoms with Gasteiger partial charge in [-0.15, -0.1) is 0 Å². The van der Waals surface area contributed by atoms with Gasteiger partial charge < -0.3 is 9.94 Å². The number of ether oxygens (including phenoxy) is 1. The first-order chi connectivity index (χ1) is 13.3. The highest BCUT2D eigenvalue weighted by Gasteiger charge is 2.35. The standard InChI is InChI=1S/C17H20FN5O4S/c1-28(19,25)23-12-7-13(8-12)26-17-16(21-27-22-17)15(20-24)5-10-4-9-2-3-11(18)6-14(9)10/h2-3,6,10,12-13,24H,4-5,7-8H2,1H3,(H2,19,23,25)/b20-15-/t10-,12?,13?,28?/m0/s1. The zero-order valence-corrected chi connectivity index (χ0v) is 15.9. The summed E-state index contributed by atoms with van der Waals surface area (Å²) in [6.07, 6.45) is 3.38. The zero-order chi connectivity index (χ0) is 19.9. The Labute approximate surface area is 161 Å². The third kappa shape index (κ3) is 3.85. The van der Waals surface area contributed by atoms with Crippen LogP contribution in [0.3, 0.4) is 0 Å². The molecule has 28 heavy (non-hydrogen) atoms. The van der Waals surface area contributed by atoms with Crippen molar-refractivity contribution in [2.75, 3.05) is 6.26 Å². The number of nitrogens with one attached hydrogen (secondary N) is 2. The van der Waals surface area contributed by atoms with Crippen molar-refractivity contribution in [2.24, 2.45) is 5.16 Å². The molecule has 0 amide bonds. The SMILES string of the molecule is CS(=N)(=O)NC1CC(Oc2nonc2/C(C[C@@H]2Cc3ccc(F)cc32)=N\O)C1. The normalized spacial score (nSPS) is 25.9. The molecule has 1 aromatic heterocycles. The minimum absolute atomic E-state index is 0.0215. The van der Waals surface area contributed by atoms with Crippen molar-refractivity contribution in [3.05, 3.63) is 40.8 Å². The van der Waals surface area contributed by atoms with E-state index in [-0.39, 0.29) is 41.2 Å². The van der Waals surface area contributed by atoms with E-state index in [2.05, 4.69) is 20.2 Å². The second-order valence-corrected chi connectivity index (χ2v) is 9.21. The van der Waals surface area contributed by atoms with Gasteiger partial charge in [-0.25, -0.2) is 22.7 Å². The lowest BCUT2D eigenvalue weighted by atomic mass is 9.74. The lowest BCUT2D eigenvalue weighted by Crippen LogP contribution is -2.48. The van der Waals surface area contributed by atoms with Gasteiger partial charge in [0.15, 0.2) is 5.69 Å². The third-order valence-corrected chi connectivity index (χ3v) is 5.85. The highest BCUT2D eigenvalue weighted by atomic mass is 32.2. The predicted octanol–water partition coefficient (Wildman–Crippen LogP) is 2.21. The summed E-state index contributed by atoms with van der Waals surface area (Å²) in [6.45, 7) is 0. The molecule has 2 atom stereocenters. The Morgan fingerprint density at radius 3 is 3.00 bits per heavy atom. The number of aromatic nitrogens is 2. The van der Waals surface area contributed by atoms with Crippen molar-refractivity contribution in [3.63, 3.8) is 0 Å². The second kappa shape index (κ2) is 7.13. The molecule has 1 aromatic carbocycles. The summed E-state index contributed by atoms with van der Waals surface area (Å²) in [4.78, 5) is 0. The molecule has 1 fully saturated rings. The molecule has 0 spiro atoms. The molecular formula is C17H20FN5O4S. The smallest absolute Gasteiger partial charge is 0.285 e. The van der Waals surface area contributed by atoms with E-state index in [4.69, 9.17) is 14.1 Å². The van der Waals surface area contributed by atoms with Crippen LogP contribution in [0, 0.1) is 10.6 Å². The summed E-state index contributed by atoms with van der Waals surface area (Å²) in [5.74, 6) is -0.152. The number of rotatable bonds is 7. The van der Waals surface area contributed by atoms with Gasteiger partial charge in [0.2, 0.25) is 0 Å². The Kier molecular flexibility index (Phi) is 4.79. The number of halogens is 1. The molecule has 150 valence electrons. The Morgan fingerprint density at radius 1 is 1.50 bits per heavy atom. The molecule has 0 bridgehead atoms. The molecule has 3 N–H and O–H groups in total. The topological polar surface area (TPSA) is 134 Å². The fraction of sp³-hybridized carbons (Fsp3) is 0.471. The number of oxime groups is 1. The lowest BCUT2D eigenvalue weighted by molar-refractivity contribution is 0.0850. The molecular weight excluding hydrogens is 389 g/mol. The van der Waals surface area contributed by atoms with Gasteiger partial charge in [-0.05, 0) is 45.9 Å². The maximum absolute atomic E-state index is 13.5. The molecule has 0 saturated heterocycles. The molecule has 1 saturated carbocycles. The van der Waals surface area contributed by atoms with Gasteiger partial charge in [0, 0.05) is 31.6 Å². The van der Waals surface area contributed by atoms with Gasteiger partial charge in [0.1, 0.15) is 27.5 Å². The van der Waals surface area contributed by atoms with Crippen LogP contribution in [0.2, 0.25) is 0 Å². The molecule has 0 radical (unpaired) electrons. The Hall–Kier alpha value is -2.53. The van der Waals surface area contributed by atoms with Gasteiger partial charge in [-0.1, -0.05) is 11.2 Å². The molecule has 9 nitrogen and oxygen atoms in total. The summed E-state index contributed by atoms with van der Waals surface area (Å²) in [7, 11) is -2.76. The molecule has 2 aliphatic rings. The monoisotopic (exact) mass is 409 g/mol. The molecule has 4 rings (SSSR count). The predicted molar refractivity (Wildman–Crippen MR) is 97.4 cm³/mol. The van der Waals surface area contributed by atoms with Crippen molar-refractivity contribution in [1.82, 2.24) is 15.0 Å². The van der Waals surface area contributed by atoms with Crippen molar-refractivity contribution < 1.29 is 23.2 Å². The second-order valence-electron chi connectivity index (χ2n) is 7.28. The van der Waals surface area contributed by atoms with E-state index in [9.17, 15) is 13.8 Å². The lowest BCUT2D eigenvalue weighted by Gasteiger charge is -2.35. The largest absolute Gasteiger partial charge is 0.470 e. The molecule has 11 heteroatoms. The maximum Gasteiger partial charge on any atom is 0.285 e. The summed E-state index contributed by atoms with van der Waals surface area (Å²) >= 11 is 0. The van der Waals surface area contributed by atoms with Crippen molar-refractivity contribution in [1.29, 1.82) is 4.78 Å². The minimum atomic E-state index is -2.76. The van der Waals surface area contributed by atoms with Crippen LogP contribution in [-0.2, 0) is 16.3 Å². The van der Waals surface area contributed by atoms with Gasteiger partial charge in [0.25, 0.3) is 5.88 Å². The number of nitrogens with zero attached hydrogens (tertiary/aromatic N) is 3. The fourth-order valence-corrected chi connectivity index (χ4v) is 4.47. The summed E-state index contributed by atoms with van der Waals surface area (Å²) in [5.41, 5.74) is 2.44. The van der Waals surface area contributed by atoms with Crippen LogP contribution >= 0.6 is 0 Å². The summed E-state index contributed by atoms with van der Waals surface area (Å²) in [5, 5.41) is 20.3. The average molecular weight is 409 g/mol. The van der Waals surface area contributed by atoms with Gasteiger partial charge in [-0.2, -0.15) is 0 Å². The third-order valence-electron chi connectivity index (χ3n) is 5.07. The first kappa shape index (κ1) is 18.8. The van der Waals surface area contributed by atoms with E-state index >= 15 is 0 Å². The van der Waals surface area contributed by atoms with Crippen molar-refractivity contribution in [2.45, 2.75) is 43.7 Å². The fourth-order valence-electron chi connectivity index (χ4n) is 3.64. The van der Waals surface area contributed by atoms with E-state index in [1.165, 1.54) is 18.4 Å². The Bertz CT molecular complexity index is 1020. The van der Waals surface area contributed by atoms with Crippen LogP contribution in [0.5, 0.6) is 5.88 Å². The minimum Gasteiger partial charge on any atom is -0.470 e. The van der Waals surface area contributed by atoms with E-state index in [1.54, 1.807) is 6.07 Å². The van der Waals surface area contributed by atoms with E-state index < -0.39 is 9.92 Å². The van der Waals surface area contributed by atoms with Gasteiger partial charge in [-0.3, -0.25) is 0 Å². The Balaban J connectivity index is 1.39. The Morgan fingerprint density at radius 2 is 2.29 bits per heavy atom. The van der Waals surface area contributed by atoms with E-state index in [0.29, 0.717) is 19.3 Å². The first-order valence-electron chi connectivity index (χ1n) is 8.82. The van der Waals surface area contributed by atoms with Crippen LogP contribution in [0.15, 0.2) is 28.0 Å². The number of fused-ring (bicyclic) bond motifs is 1. The highest BCUT2D eigenvalue weighted by Crippen LogP contribution is 2.39. The van der Waals surface area contributed by atoms with Gasteiger partial charge in [0.05, 0.1) is 0 Å². The zero-order valence-electron chi connectivity index (χ0n) is 15.1.